The summed E-state index contributed by atoms with van der Waals surface area (Å²) in [5.74, 6) is 0. The molecule has 2 bridgehead atoms. The minimum atomic E-state index is 0.431. The highest BCUT2D eigenvalue weighted by Crippen LogP contribution is 2.39. The lowest BCUT2D eigenvalue weighted by molar-refractivity contribution is 0.267. The van der Waals surface area contributed by atoms with E-state index in [2.05, 4.69) is 52.7 Å². The van der Waals surface area contributed by atoms with E-state index in [0.717, 1.165) is 36.6 Å². The summed E-state index contributed by atoms with van der Waals surface area (Å²) >= 11 is 6.38. The van der Waals surface area contributed by atoms with Crippen molar-refractivity contribution in [2.75, 3.05) is 25.0 Å². The van der Waals surface area contributed by atoms with Gasteiger partial charge in [0.15, 0.2) is 0 Å². The van der Waals surface area contributed by atoms with Crippen LogP contribution >= 0.6 is 11.6 Å². The van der Waals surface area contributed by atoms with Gasteiger partial charge in [-0.3, -0.25) is 9.88 Å². The fraction of sp³-hybridized carbons (Fsp3) is 0.458. The first-order chi connectivity index (χ1) is 13.5. The predicted molar refractivity (Wildman–Crippen MR) is 119 cm³/mol. The van der Waals surface area contributed by atoms with Gasteiger partial charge in [0.25, 0.3) is 0 Å². The fourth-order valence-electron chi connectivity index (χ4n) is 4.78. The number of hydrogen-bond acceptors (Lipinski definition) is 3. The molecule has 3 nitrogen and oxygen atoms in total. The van der Waals surface area contributed by atoms with Crippen molar-refractivity contribution < 1.29 is 0 Å². The number of nitrogens with zero attached hydrogens (tertiary/aromatic N) is 3. The Morgan fingerprint density at radius 3 is 2.82 bits per heavy atom. The smallest absolute Gasteiger partial charge is 0.0444 e. The molecule has 1 fully saturated rings. The van der Waals surface area contributed by atoms with Crippen LogP contribution in [0.25, 0.3) is 5.57 Å². The van der Waals surface area contributed by atoms with Crippen LogP contribution in [-0.2, 0) is 6.42 Å². The van der Waals surface area contributed by atoms with E-state index in [1.807, 2.05) is 19.2 Å². The Hall–Kier alpha value is -1.84. The van der Waals surface area contributed by atoms with Crippen molar-refractivity contribution in [2.24, 2.45) is 0 Å². The van der Waals surface area contributed by atoms with Gasteiger partial charge in [0, 0.05) is 53.3 Å². The molecule has 2 aromatic rings. The van der Waals surface area contributed by atoms with E-state index < -0.39 is 0 Å². The van der Waals surface area contributed by atoms with Crippen LogP contribution < -0.4 is 4.90 Å². The molecule has 1 aromatic carbocycles. The van der Waals surface area contributed by atoms with Gasteiger partial charge < -0.3 is 4.90 Å². The van der Waals surface area contributed by atoms with Gasteiger partial charge in [-0.25, -0.2) is 0 Å². The Kier molecular flexibility index (Phi) is 5.75. The average molecular weight is 396 g/mol. The molecular formula is C24H30ClN3. The zero-order valence-electron chi connectivity index (χ0n) is 17.0. The van der Waals surface area contributed by atoms with Gasteiger partial charge in [0.05, 0.1) is 0 Å². The molecule has 0 saturated carbocycles. The van der Waals surface area contributed by atoms with Crippen LogP contribution in [0.15, 0.2) is 43.1 Å². The molecule has 4 heteroatoms. The Labute approximate surface area is 174 Å². The third kappa shape index (κ3) is 3.97. The number of fused-ring (bicyclic) bond motifs is 3. The molecular weight excluding hydrogens is 366 g/mol. The molecule has 2 aliphatic heterocycles. The predicted octanol–water partition coefficient (Wildman–Crippen LogP) is 5.36. The van der Waals surface area contributed by atoms with E-state index in [4.69, 9.17) is 11.6 Å². The number of likely N-dealkylation sites (N-methyl/N-ethyl adjacent to an activating group) is 1. The number of aryl methyl sites for hydroxylation is 2. The van der Waals surface area contributed by atoms with Gasteiger partial charge >= 0.3 is 0 Å². The summed E-state index contributed by atoms with van der Waals surface area (Å²) in [6.45, 7) is 8.66. The summed E-state index contributed by atoms with van der Waals surface area (Å²) in [5, 5.41) is 0.794. The lowest BCUT2D eigenvalue weighted by Crippen LogP contribution is -2.34. The summed E-state index contributed by atoms with van der Waals surface area (Å²) < 4.78 is 0. The lowest BCUT2D eigenvalue weighted by Gasteiger charge is -2.28. The maximum absolute atomic E-state index is 6.38. The molecule has 1 aromatic heterocycles. The van der Waals surface area contributed by atoms with E-state index in [1.165, 1.54) is 41.6 Å². The van der Waals surface area contributed by atoms with E-state index in [9.17, 15) is 0 Å². The van der Waals surface area contributed by atoms with Crippen molar-refractivity contribution in [3.05, 3.63) is 65.0 Å². The second kappa shape index (κ2) is 8.26. The molecule has 4 rings (SSSR count). The average Bonchev–Trinajstić information content (AvgIpc) is 3.06. The lowest BCUT2D eigenvalue weighted by atomic mass is 9.95. The summed E-state index contributed by atoms with van der Waals surface area (Å²) in [5.41, 5.74) is 6.13. The van der Waals surface area contributed by atoms with Crippen LogP contribution in [0.3, 0.4) is 0 Å². The van der Waals surface area contributed by atoms with Crippen molar-refractivity contribution in [1.29, 1.82) is 0 Å². The van der Waals surface area contributed by atoms with E-state index in [1.54, 1.807) is 0 Å². The van der Waals surface area contributed by atoms with Gasteiger partial charge in [0.1, 0.15) is 0 Å². The third-order valence-corrected chi connectivity index (χ3v) is 6.72. The molecule has 28 heavy (non-hydrogen) atoms. The van der Waals surface area contributed by atoms with Crippen molar-refractivity contribution in [1.82, 2.24) is 9.88 Å². The zero-order chi connectivity index (χ0) is 19.7. The Balaban J connectivity index is 1.56. The first-order valence-electron chi connectivity index (χ1n) is 10.4. The fourth-order valence-corrected chi connectivity index (χ4v) is 4.95. The highest BCUT2D eigenvalue weighted by molar-refractivity contribution is 6.30. The molecule has 0 radical (unpaired) electrons. The summed E-state index contributed by atoms with van der Waals surface area (Å²) in [6.07, 6.45) is 7.85. The minimum Gasteiger partial charge on any atom is -0.371 e. The summed E-state index contributed by atoms with van der Waals surface area (Å²) in [7, 11) is 2.26. The van der Waals surface area contributed by atoms with Crippen LogP contribution in [0.1, 0.15) is 42.5 Å². The quantitative estimate of drug-likeness (QED) is 0.694. The SMILES string of the molecule is C=C1c2cc(Cl)ccc2N(CCCc2ccc(C)nc2)CCC2CCC1N2C. The Bertz CT molecular complexity index is 845. The van der Waals surface area contributed by atoms with E-state index in [-0.39, 0.29) is 0 Å². The maximum atomic E-state index is 6.38. The highest BCUT2D eigenvalue weighted by Gasteiger charge is 2.35. The van der Waals surface area contributed by atoms with Gasteiger partial charge in [0.2, 0.25) is 0 Å². The summed E-state index contributed by atoms with van der Waals surface area (Å²) in [6, 6.07) is 11.7. The van der Waals surface area contributed by atoms with Crippen molar-refractivity contribution in [3.8, 4) is 0 Å². The number of halogens is 1. The first-order valence-corrected chi connectivity index (χ1v) is 10.8. The molecule has 0 amide bonds. The van der Waals surface area contributed by atoms with Crippen molar-refractivity contribution in [3.63, 3.8) is 0 Å². The van der Waals surface area contributed by atoms with Crippen LogP contribution in [0.4, 0.5) is 5.69 Å². The molecule has 148 valence electrons. The molecule has 2 unspecified atom stereocenters. The van der Waals surface area contributed by atoms with Crippen molar-refractivity contribution in [2.45, 2.75) is 51.1 Å². The normalized spacial score (nSPS) is 22.5. The zero-order valence-corrected chi connectivity index (χ0v) is 17.8. The Morgan fingerprint density at radius 1 is 1.18 bits per heavy atom. The monoisotopic (exact) mass is 395 g/mol. The molecule has 1 saturated heterocycles. The number of anilines is 1. The van der Waals surface area contributed by atoms with Crippen LogP contribution in [-0.4, -0.2) is 42.1 Å². The molecule has 0 aliphatic carbocycles. The molecule has 2 atom stereocenters. The number of rotatable bonds is 4. The van der Waals surface area contributed by atoms with Gasteiger partial charge in [-0.1, -0.05) is 24.2 Å². The third-order valence-electron chi connectivity index (χ3n) is 6.49. The number of benzene rings is 1. The topological polar surface area (TPSA) is 19.4 Å². The maximum Gasteiger partial charge on any atom is 0.0444 e. The number of hydrogen-bond donors (Lipinski definition) is 0. The summed E-state index contributed by atoms with van der Waals surface area (Å²) in [4.78, 5) is 9.51. The van der Waals surface area contributed by atoms with Crippen LogP contribution in [0, 0.1) is 6.92 Å². The van der Waals surface area contributed by atoms with E-state index >= 15 is 0 Å². The van der Waals surface area contributed by atoms with Gasteiger partial charge in [-0.2, -0.15) is 0 Å². The highest BCUT2D eigenvalue weighted by atomic mass is 35.5. The minimum absolute atomic E-state index is 0.431. The second-order valence-electron chi connectivity index (χ2n) is 8.29. The van der Waals surface area contributed by atoms with Crippen LogP contribution in [0.5, 0.6) is 0 Å². The standard InChI is InChI=1S/C24H30ClN3/c1-17-6-7-19(16-26-17)5-4-13-28-14-12-21-9-11-23(27(21)3)18(2)22-15-20(25)8-10-24(22)28/h6-8,10,15-16,21,23H,2,4-5,9,11-14H2,1,3H3. The van der Waals surface area contributed by atoms with Crippen molar-refractivity contribution >= 4 is 22.9 Å². The Morgan fingerprint density at radius 2 is 2.04 bits per heavy atom. The molecule has 2 aliphatic rings. The second-order valence-corrected chi connectivity index (χ2v) is 8.72. The first kappa shape index (κ1) is 19.5. The number of aromatic nitrogens is 1. The molecule has 3 heterocycles. The van der Waals surface area contributed by atoms with Gasteiger partial charge in [-0.05, 0) is 81.5 Å². The largest absolute Gasteiger partial charge is 0.371 e. The number of pyridine rings is 1. The molecule has 0 N–H and O–H groups in total. The van der Waals surface area contributed by atoms with Gasteiger partial charge in [-0.15, -0.1) is 0 Å². The van der Waals surface area contributed by atoms with E-state index in [0.29, 0.717) is 12.1 Å². The van der Waals surface area contributed by atoms with Crippen LogP contribution in [0.2, 0.25) is 5.02 Å². The molecule has 0 spiro atoms.